The minimum atomic E-state index is -0.548. The van der Waals surface area contributed by atoms with Gasteiger partial charge in [0, 0.05) is 38.1 Å². The van der Waals surface area contributed by atoms with E-state index >= 15 is 0 Å². The van der Waals surface area contributed by atoms with Gasteiger partial charge in [-0.15, -0.1) is 0 Å². The van der Waals surface area contributed by atoms with E-state index in [4.69, 9.17) is 11.6 Å². The quantitative estimate of drug-likeness (QED) is 0.676. The van der Waals surface area contributed by atoms with Crippen LogP contribution in [0.5, 0.6) is 0 Å². The molecular formula is C13H14ClN5O3. The number of hydrogen-bond donors (Lipinski definition) is 1. The van der Waals surface area contributed by atoms with Gasteiger partial charge in [-0.1, -0.05) is 11.6 Å². The summed E-state index contributed by atoms with van der Waals surface area (Å²) < 4.78 is 1.70. The Morgan fingerprint density at radius 1 is 1.55 bits per heavy atom. The van der Waals surface area contributed by atoms with Gasteiger partial charge in [0.2, 0.25) is 0 Å². The molecular weight excluding hydrogens is 310 g/mol. The van der Waals surface area contributed by atoms with E-state index in [0.29, 0.717) is 13.1 Å². The number of nitro benzene ring substituents is 1. The normalized spacial score (nSPS) is 10.3. The Hall–Kier alpha value is -2.61. The maximum atomic E-state index is 12.1. The fourth-order valence-electron chi connectivity index (χ4n) is 1.72. The highest BCUT2D eigenvalue weighted by Crippen LogP contribution is 2.26. The van der Waals surface area contributed by atoms with Gasteiger partial charge in [0.05, 0.1) is 22.2 Å². The molecule has 0 radical (unpaired) electrons. The minimum absolute atomic E-state index is 0.140. The molecule has 2 amide bonds. The van der Waals surface area contributed by atoms with Crippen molar-refractivity contribution in [1.29, 1.82) is 0 Å². The van der Waals surface area contributed by atoms with Crippen LogP contribution in [0.25, 0.3) is 0 Å². The van der Waals surface area contributed by atoms with Crippen LogP contribution in [0.1, 0.15) is 0 Å². The molecule has 2 rings (SSSR count). The van der Waals surface area contributed by atoms with Gasteiger partial charge < -0.3 is 10.2 Å². The van der Waals surface area contributed by atoms with Crippen molar-refractivity contribution >= 4 is 29.0 Å². The second kappa shape index (κ2) is 6.90. The SMILES string of the molecule is CN(CCn1cccn1)C(=O)Nc1cc([N+](=O)[O-])ccc1Cl. The third-order valence-corrected chi connectivity index (χ3v) is 3.30. The molecule has 116 valence electrons. The Kier molecular flexibility index (Phi) is 4.95. The lowest BCUT2D eigenvalue weighted by atomic mass is 10.3. The summed E-state index contributed by atoms with van der Waals surface area (Å²) in [5.41, 5.74) is 0.0608. The number of anilines is 1. The number of carbonyl (C=O) groups is 1. The number of rotatable bonds is 5. The molecule has 0 aliphatic rings. The fourth-order valence-corrected chi connectivity index (χ4v) is 1.88. The summed E-state index contributed by atoms with van der Waals surface area (Å²) in [7, 11) is 1.62. The summed E-state index contributed by atoms with van der Waals surface area (Å²) in [5, 5.41) is 17.6. The van der Waals surface area contributed by atoms with Gasteiger partial charge >= 0.3 is 6.03 Å². The smallest absolute Gasteiger partial charge is 0.321 e. The van der Waals surface area contributed by atoms with Crippen molar-refractivity contribution in [3.05, 3.63) is 51.8 Å². The number of carbonyl (C=O) groups excluding carboxylic acids is 1. The molecule has 1 heterocycles. The van der Waals surface area contributed by atoms with Crippen molar-refractivity contribution in [1.82, 2.24) is 14.7 Å². The first-order valence-corrected chi connectivity index (χ1v) is 6.78. The molecule has 1 aromatic carbocycles. The molecule has 0 atom stereocenters. The second-order valence-electron chi connectivity index (χ2n) is 4.54. The largest absolute Gasteiger partial charge is 0.326 e. The highest BCUT2D eigenvalue weighted by molar-refractivity contribution is 6.33. The van der Waals surface area contributed by atoms with Crippen LogP contribution >= 0.6 is 11.6 Å². The van der Waals surface area contributed by atoms with Crippen molar-refractivity contribution in [2.75, 3.05) is 18.9 Å². The van der Waals surface area contributed by atoms with Gasteiger partial charge in [0.15, 0.2) is 0 Å². The van der Waals surface area contributed by atoms with E-state index in [0.717, 1.165) is 0 Å². The molecule has 8 nitrogen and oxygen atoms in total. The summed E-state index contributed by atoms with van der Waals surface area (Å²) in [6, 6.07) is 5.26. The standard InChI is InChI=1S/C13H14ClN5O3/c1-17(7-8-18-6-2-5-15-18)13(20)16-12-9-10(19(21)22)3-4-11(12)14/h2-6,9H,7-8H2,1H3,(H,16,20). The number of nitrogens with zero attached hydrogens (tertiary/aromatic N) is 4. The van der Waals surface area contributed by atoms with Gasteiger partial charge in [-0.05, 0) is 12.1 Å². The Balaban J connectivity index is 1.98. The summed E-state index contributed by atoms with van der Waals surface area (Å²) in [4.78, 5) is 23.7. The number of urea groups is 1. The van der Waals surface area contributed by atoms with Crippen molar-refractivity contribution in [3.8, 4) is 0 Å². The van der Waals surface area contributed by atoms with Crippen LogP contribution < -0.4 is 5.32 Å². The molecule has 0 saturated heterocycles. The van der Waals surface area contributed by atoms with Gasteiger partial charge in [0.1, 0.15) is 0 Å². The number of likely N-dealkylation sites (N-methyl/N-ethyl adjacent to an activating group) is 1. The maximum absolute atomic E-state index is 12.1. The van der Waals surface area contributed by atoms with E-state index < -0.39 is 11.0 Å². The molecule has 2 aromatic rings. The lowest BCUT2D eigenvalue weighted by Crippen LogP contribution is -2.34. The van der Waals surface area contributed by atoms with E-state index in [1.54, 1.807) is 30.2 Å². The molecule has 0 fully saturated rings. The number of non-ortho nitro benzene ring substituents is 1. The Bertz CT molecular complexity index is 674. The summed E-state index contributed by atoms with van der Waals surface area (Å²) in [6.45, 7) is 0.972. The highest BCUT2D eigenvalue weighted by Gasteiger charge is 2.14. The number of benzene rings is 1. The predicted octanol–water partition coefficient (Wildman–Crippen LogP) is 2.61. The van der Waals surface area contributed by atoms with Crippen molar-refractivity contribution in [3.63, 3.8) is 0 Å². The highest BCUT2D eigenvalue weighted by atomic mass is 35.5. The molecule has 0 spiro atoms. The minimum Gasteiger partial charge on any atom is -0.326 e. The number of amides is 2. The van der Waals surface area contributed by atoms with Crippen LogP contribution in [0.4, 0.5) is 16.2 Å². The first kappa shape index (κ1) is 15.8. The summed E-state index contributed by atoms with van der Waals surface area (Å²) in [6.07, 6.45) is 3.45. The van der Waals surface area contributed by atoms with Crippen LogP contribution in [-0.2, 0) is 6.54 Å². The summed E-state index contributed by atoms with van der Waals surface area (Å²) in [5.74, 6) is 0. The third-order valence-electron chi connectivity index (χ3n) is 2.97. The van der Waals surface area contributed by atoms with Crippen LogP contribution in [-0.4, -0.2) is 39.2 Å². The molecule has 0 saturated carbocycles. The molecule has 1 aromatic heterocycles. The van der Waals surface area contributed by atoms with Crippen LogP contribution in [0.2, 0.25) is 5.02 Å². The fraction of sp³-hybridized carbons (Fsp3) is 0.231. The van der Waals surface area contributed by atoms with Crippen molar-refractivity contribution in [2.45, 2.75) is 6.54 Å². The Morgan fingerprint density at radius 3 is 2.95 bits per heavy atom. The van der Waals surface area contributed by atoms with E-state index in [2.05, 4.69) is 10.4 Å². The first-order chi connectivity index (χ1) is 10.5. The van der Waals surface area contributed by atoms with E-state index in [-0.39, 0.29) is 16.4 Å². The molecule has 9 heteroatoms. The topological polar surface area (TPSA) is 93.3 Å². The number of aromatic nitrogens is 2. The van der Waals surface area contributed by atoms with Crippen LogP contribution in [0.15, 0.2) is 36.7 Å². The Morgan fingerprint density at radius 2 is 2.32 bits per heavy atom. The van der Waals surface area contributed by atoms with Gasteiger partial charge in [-0.3, -0.25) is 14.8 Å². The maximum Gasteiger partial charge on any atom is 0.321 e. The zero-order valence-electron chi connectivity index (χ0n) is 11.8. The van der Waals surface area contributed by atoms with Gasteiger partial charge in [-0.2, -0.15) is 5.10 Å². The lowest BCUT2D eigenvalue weighted by molar-refractivity contribution is -0.384. The monoisotopic (exact) mass is 323 g/mol. The van der Waals surface area contributed by atoms with E-state index in [1.807, 2.05) is 0 Å². The average Bonchev–Trinajstić information content (AvgIpc) is 3.00. The predicted molar refractivity (Wildman–Crippen MR) is 82.0 cm³/mol. The van der Waals surface area contributed by atoms with Gasteiger partial charge in [0.25, 0.3) is 5.69 Å². The third kappa shape index (κ3) is 3.95. The molecule has 0 aliphatic carbocycles. The van der Waals surface area contributed by atoms with Crippen molar-refractivity contribution in [2.24, 2.45) is 0 Å². The number of nitrogens with one attached hydrogen (secondary N) is 1. The zero-order chi connectivity index (χ0) is 16.1. The Labute approximate surface area is 131 Å². The number of nitro groups is 1. The first-order valence-electron chi connectivity index (χ1n) is 6.41. The molecule has 0 unspecified atom stereocenters. The van der Waals surface area contributed by atoms with E-state index in [1.165, 1.54) is 23.1 Å². The van der Waals surface area contributed by atoms with Crippen molar-refractivity contribution < 1.29 is 9.72 Å². The lowest BCUT2D eigenvalue weighted by Gasteiger charge is -2.18. The average molecular weight is 324 g/mol. The second-order valence-corrected chi connectivity index (χ2v) is 4.95. The zero-order valence-corrected chi connectivity index (χ0v) is 12.5. The molecule has 0 bridgehead atoms. The molecule has 0 aliphatic heterocycles. The molecule has 1 N–H and O–H groups in total. The number of halogens is 1. The van der Waals surface area contributed by atoms with Gasteiger partial charge in [-0.25, -0.2) is 4.79 Å². The van der Waals surface area contributed by atoms with Crippen LogP contribution in [0.3, 0.4) is 0 Å². The van der Waals surface area contributed by atoms with Crippen LogP contribution in [0, 0.1) is 10.1 Å². The summed E-state index contributed by atoms with van der Waals surface area (Å²) >= 11 is 5.94. The molecule has 22 heavy (non-hydrogen) atoms. The van der Waals surface area contributed by atoms with E-state index in [9.17, 15) is 14.9 Å². The number of hydrogen-bond acceptors (Lipinski definition) is 4.